The first-order valence-corrected chi connectivity index (χ1v) is 17.1. The minimum Gasteiger partial charge on any atom is -0.444 e. The number of amides is 1. The number of hydrogen-bond acceptors (Lipinski definition) is 5. The zero-order valence-corrected chi connectivity index (χ0v) is 26.6. The number of carbonyl (C=O) groups is 1. The van der Waals surface area contributed by atoms with E-state index in [1.54, 1.807) is 0 Å². The summed E-state index contributed by atoms with van der Waals surface area (Å²) in [5.41, 5.74) is -1.17. The van der Waals surface area contributed by atoms with Gasteiger partial charge in [-0.05, 0) is 97.6 Å². The van der Waals surface area contributed by atoms with Crippen LogP contribution in [0.1, 0.15) is 108 Å². The molecule has 1 atom stereocenters. The highest BCUT2D eigenvalue weighted by Crippen LogP contribution is 2.46. The molecule has 2 rings (SSSR count). The predicted molar refractivity (Wildman–Crippen MR) is 152 cm³/mol. The van der Waals surface area contributed by atoms with Crippen molar-refractivity contribution in [2.45, 2.75) is 149 Å². The summed E-state index contributed by atoms with van der Waals surface area (Å²) in [5.74, 6) is 0. The SMILES string of the molecule is CC(C)(C)OC(=O)N1CCC(CCCCCCO[Si](C)(C)C(C)(C)C)(CB2OC(C)(C)C(C)(C)O2)C1. The van der Waals surface area contributed by atoms with Gasteiger partial charge in [-0.15, -0.1) is 0 Å². The number of nitrogens with zero attached hydrogens (tertiary/aromatic N) is 1. The smallest absolute Gasteiger partial charge is 0.444 e. The van der Waals surface area contributed by atoms with Crippen LogP contribution >= 0.6 is 0 Å². The average molecular weight is 526 g/mol. The molecule has 6 nitrogen and oxygen atoms in total. The molecule has 0 N–H and O–H groups in total. The molecule has 2 fully saturated rings. The second-order valence-corrected chi connectivity index (χ2v) is 19.6. The fraction of sp³-hybridized carbons (Fsp3) is 0.964. The Morgan fingerprint density at radius 3 is 2.03 bits per heavy atom. The lowest BCUT2D eigenvalue weighted by Crippen LogP contribution is -2.41. The zero-order chi connectivity index (χ0) is 27.6. The van der Waals surface area contributed by atoms with Crippen LogP contribution < -0.4 is 0 Å². The monoisotopic (exact) mass is 525 g/mol. The third-order valence-electron chi connectivity index (χ3n) is 8.86. The van der Waals surface area contributed by atoms with Crippen LogP contribution in [-0.4, -0.2) is 62.9 Å². The molecule has 0 aromatic carbocycles. The van der Waals surface area contributed by atoms with Crippen LogP contribution in [0.3, 0.4) is 0 Å². The Morgan fingerprint density at radius 2 is 1.50 bits per heavy atom. The number of unbranched alkanes of at least 4 members (excludes halogenated alkanes) is 3. The lowest BCUT2D eigenvalue weighted by atomic mass is 9.65. The van der Waals surface area contributed by atoms with Crippen LogP contribution in [-0.2, 0) is 18.5 Å². The van der Waals surface area contributed by atoms with E-state index < -0.39 is 13.9 Å². The highest BCUT2D eigenvalue weighted by Gasteiger charge is 2.54. The molecule has 0 spiro atoms. The molecule has 2 aliphatic heterocycles. The van der Waals surface area contributed by atoms with Crippen LogP contribution in [0.15, 0.2) is 0 Å². The van der Waals surface area contributed by atoms with E-state index in [4.69, 9.17) is 18.5 Å². The Morgan fingerprint density at radius 1 is 0.944 bits per heavy atom. The van der Waals surface area contributed by atoms with Crippen molar-refractivity contribution in [3.63, 3.8) is 0 Å². The molecule has 2 heterocycles. The largest absolute Gasteiger partial charge is 0.458 e. The molecule has 0 aromatic heterocycles. The van der Waals surface area contributed by atoms with Crippen molar-refractivity contribution in [1.29, 1.82) is 0 Å². The molecule has 36 heavy (non-hydrogen) atoms. The van der Waals surface area contributed by atoms with Crippen molar-refractivity contribution >= 4 is 21.5 Å². The predicted octanol–water partition coefficient (Wildman–Crippen LogP) is 7.68. The van der Waals surface area contributed by atoms with E-state index in [1.807, 2.05) is 25.7 Å². The fourth-order valence-corrected chi connectivity index (χ4v) is 5.88. The second-order valence-electron chi connectivity index (χ2n) is 14.8. The molecule has 1 unspecified atom stereocenters. The van der Waals surface area contributed by atoms with Gasteiger partial charge in [0, 0.05) is 19.7 Å². The maximum atomic E-state index is 12.8. The van der Waals surface area contributed by atoms with Crippen molar-refractivity contribution in [3.8, 4) is 0 Å². The molecule has 8 heteroatoms. The lowest BCUT2D eigenvalue weighted by Gasteiger charge is -2.36. The number of ether oxygens (including phenoxy) is 1. The van der Waals surface area contributed by atoms with Gasteiger partial charge in [0.1, 0.15) is 5.60 Å². The van der Waals surface area contributed by atoms with Crippen LogP contribution in [0, 0.1) is 5.41 Å². The minimum absolute atomic E-state index is 0.00426. The van der Waals surface area contributed by atoms with Crippen molar-refractivity contribution in [3.05, 3.63) is 0 Å². The fourth-order valence-electron chi connectivity index (χ4n) is 4.79. The summed E-state index contributed by atoms with van der Waals surface area (Å²) < 4.78 is 24.8. The Hall–Kier alpha value is -0.568. The van der Waals surface area contributed by atoms with Gasteiger partial charge in [-0.25, -0.2) is 4.79 Å². The summed E-state index contributed by atoms with van der Waals surface area (Å²) in [5, 5.41) is 0.259. The van der Waals surface area contributed by atoms with Gasteiger partial charge in [0.25, 0.3) is 0 Å². The molecule has 0 saturated carbocycles. The molecule has 210 valence electrons. The Bertz CT molecular complexity index is 727. The summed E-state index contributed by atoms with van der Waals surface area (Å²) in [6.07, 6.45) is 7.25. The van der Waals surface area contributed by atoms with Gasteiger partial charge in [-0.2, -0.15) is 0 Å². The van der Waals surface area contributed by atoms with E-state index >= 15 is 0 Å². The van der Waals surface area contributed by atoms with Crippen LogP contribution in [0.4, 0.5) is 4.79 Å². The molecule has 0 aromatic rings. The first kappa shape index (κ1) is 31.6. The van der Waals surface area contributed by atoms with Gasteiger partial charge in [-0.3, -0.25) is 0 Å². The number of hydrogen-bond donors (Lipinski definition) is 0. The summed E-state index contributed by atoms with van der Waals surface area (Å²) >= 11 is 0. The van der Waals surface area contributed by atoms with E-state index in [0.717, 1.165) is 45.2 Å². The van der Waals surface area contributed by atoms with Crippen molar-refractivity contribution < 1.29 is 23.3 Å². The topological polar surface area (TPSA) is 57.2 Å². The molecule has 0 bridgehead atoms. The first-order chi connectivity index (χ1) is 16.2. The van der Waals surface area contributed by atoms with E-state index in [2.05, 4.69) is 61.6 Å². The Balaban J connectivity index is 1.93. The number of likely N-dealkylation sites (tertiary alicyclic amines) is 1. The van der Waals surface area contributed by atoms with Crippen molar-refractivity contribution in [1.82, 2.24) is 4.90 Å². The van der Waals surface area contributed by atoms with Gasteiger partial charge in [-0.1, -0.05) is 40.0 Å². The summed E-state index contributed by atoms with van der Waals surface area (Å²) in [6.45, 7) is 28.0. The number of carbonyl (C=O) groups excluding carboxylic acids is 1. The van der Waals surface area contributed by atoms with Crippen LogP contribution in [0.2, 0.25) is 24.5 Å². The van der Waals surface area contributed by atoms with Crippen LogP contribution in [0.5, 0.6) is 0 Å². The highest BCUT2D eigenvalue weighted by molar-refractivity contribution is 6.74. The lowest BCUT2D eigenvalue weighted by molar-refractivity contribution is 0.00578. The van der Waals surface area contributed by atoms with Gasteiger partial charge in [0.2, 0.25) is 0 Å². The van der Waals surface area contributed by atoms with E-state index in [1.165, 1.54) is 12.8 Å². The molecule has 2 saturated heterocycles. The summed E-state index contributed by atoms with van der Waals surface area (Å²) in [7, 11) is -1.91. The van der Waals surface area contributed by atoms with Gasteiger partial charge >= 0.3 is 13.2 Å². The zero-order valence-electron chi connectivity index (χ0n) is 25.6. The Kier molecular flexibility index (Phi) is 9.91. The van der Waals surface area contributed by atoms with Crippen LogP contribution in [0.25, 0.3) is 0 Å². The molecule has 0 aliphatic carbocycles. The van der Waals surface area contributed by atoms with Gasteiger partial charge in [0.05, 0.1) is 11.2 Å². The standard InChI is InChI=1S/C28H56BNO5Si/c1-24(2,3)33-23(31)30-19-18-28(22-30,21-29-34-26(7,8)27(9,10)35-29)17-15-13-14-16-20-32-36(11,12)25(4,5)6/h13-22H2,1-12H3. The third-order valence-corrected chi connectivity index (χ3v) is 13.4. The van der Waals surface area contributed by atoms with E-state index in [-0.39, 0.29) is 34.9 Å². The molecule has 1 amide bonds. The highest BCUT2D eigenvalue weighted by atomic mass is 28.4. The second kappa shape index (κ2) is 11.3. The number of rotatable bonds is 10. The Labute approximate surface area is 223 Å². The third kappa shape index (κ3) is 8.47. The summed E-state index contributed by atoms with van der Waals surface area (Å²) in [4.78, 5) is 14.7. The molecular formula is C28H56BNO5Si. The molecular weight excluding hydrogens is 469 g/mol. The normalized spacial score (nSPS) is 24.4. The van der Waals surface area contributed by atoms with Crippen molar-refractivity contribution in [2.24, 2.45) is 5.41 Å². The summed E-state index contributed by atoms with van der Waals surface area (Å²) in [6, 6.07) is 0. The maximum Gasteiger partial charge on any atom is 0.458 e. The quantitative estimate of drug-likeness (QED) is 0.216. The first-order valence-electron chi connectivity index (χ1n) is 14.2. The van der Waals surface area contributed by atoms with E-state index in [9.17, 15) is 4.79 Å². The average Bonchev–Trinajstić information content (AvgIpc) is 3.16. The maximum absolute atomic E-state index is 12.8. The van der Waals surface area contributed by atoms with Crippen molar-refractivity contribution in [2.75, 3.05) is 19.7 Å². The molecule has 2 aliphatic rings. The van der Waals surface area contributed by atoms with E-state index in [0.29, 0.717) is 6.54 Å². The van der Waals surface area contributed by atoms with Gasteiger partial charge < -0.3 is 23.4 Å². The minimum atomic E-state index is -1.66. The molecule has 0 radical (unpaired) electrons. The van der Waals surface area contributed by atoms with Gasteiger partial charge in [0.15, 0.2) is 8.32 Å².